The van der Waals surface area contributed by atoms with Crippen LogP contribution in [0.2, 0.25) is 0 Å². The van der Waals surface area contributed by atoms with Crippen LogP contribution in [0.5, 0.6) is 5.75 Å². The average molecular weight is 425 g/mol. The lowest BCUT2D eigenvalue weighted by atomic mass is 10.1. The van der Waals surface area contributed by atoms with Gasteiger partial charge in [0.25, 0.3) is 5.91 Å². The maximum Gasteiger partial charge on any atom is 0.336 e. The summed E-state index contributed by atoms with van der Waals surface area (Å²) in [5, 5.41) is 4.03. The van der Waals surface area contributed by atoms with Gasteiger partial charge in [-0.25, -0.2) is 10.2 Å². The summed E-state index contributed by atoms with van der Waals surface area (Å²) < 4.78 is 12.2. The molecule has 1 N–H and O–H groups in total. The molecule has 0 saturated heterocycles. The molecule has 7 heteroatoms. The molecule has 0 bridgehead atoms. The van der Waals surface area contributed by atoms with E-state index in [2.05, 4.69) is 10.5 Å². The van der Waals surface area contributed by atoms with Crippen molar-refractivity contribution in [2.45, 2.75) is 0 Å². The Bertz CT molecular complexity index is 1240. The Labute approximate surface area is 184 Å². The molecule has 0 atom stereocenters. The predicted octanol–water partition coefficient (Wildman–Crippen LogP) is 4.45. The van der Waals surface area contributed by atoms with Crippen LogP contribution in [-0.4, -0.2) is 22.7 Å². The third-order valence-corrected chi connectivity index (χ3v) is 4.44. The monoisotopic (exact) mass is 425 g/mol. The lowest BCUT2D eigenvalue weighted by Crippen LogP contribution is -2.19. The molecule has 0 saturated carbocycles. The zero-order valence-electron chi connectivity index (χ0n) is 16.9. The molecule has 2 heterocycles. The van der Waals surface area contributed by atoms with Gasteiger partial charge in [0.05, 0.1) is 23.7 Å². The predicted molar refractivity (Wildman–Crippen MR) is 121 cm³/mol. The molecule has 158 valence electrons. The number of aromatic nitrogens is 1. The molecule has 32 heavy (non-hydrogen) atoms. The minimum Gasteiger partial charge on any atom is -0.465 e. The van der Waals surface area contributed by atoms with Crippen LogP contribution in [0.15, 0.2) is 107 Å². The maximum atomic E-state index is 12.6. The topological polar surface area (TPSA) is 85.8 Å². The molecule has 0 radical (unpaired) electrons. The average Bonchev–Trinajstić information content (AvgIpc) is 3.53. The molecule has 0 aliphatic rings. The van der Waals surface area contributed by atoms with Gasteiger partial charge < -0.3 is 13.7 Å². The van der Waals surface area contributed by atoms with Crippen LogP contribution < -0.4 is 10.2 Å². The van der Waals surface area contributed by atoms with Gasteiger partial charge in [0.1, 0.15) is 11.5 Å². The highest BCUT2D eigenvalue weighted by atomic mass is 16.5. The minimum absolute atomic E-state index is 0.320. The van der Waals surface area contributed by atoms with E-state index in [0.717, 1.165) is 11.3 Å². The molecule has 2 aromatic heterocycles. The second kappa shape index (κ2) is 9.90. The Morgan fingerprint density at radius 1 is 0.938 bits per heavy atom. The molecule has 1 amide bonds. The summed E-state index contributed by atoms with van der Waals surface area (Å²) in [7, 11) is 0. The van der Waals surface area contributed by atoms with Crippen molar-refractivity contribution in [3.63, 3.8) is 0 Å². The first kappa shape index (κ1) is 20.6. The minimum atomic E-state index is -0.517. The fraction of sp³-hybridized carbons (Fsp3) is 0. The van der Waals surface area contributed by atoms with Gasteiger partial charge in [0, 0.05) is 18.5 Å². The first-order chi connectivity index (χ1) is 15.7. The highest BCUT2D eigenvalue weighted by molar-refractivity contribution is 5.98. The first-order valence-corrected chi connectivity index (χ1v) is 9.78. The van der Waals surface area contributed by atoms with E-state index in [0.29, 0.717) is 17.1 Å². The molecule has 4 rings (SSSR count). The number of carbonyl (C=O) groups excluding carboxylic acids is 2. The number of carbonyl (C=O) groups is 2. The third-order valence-electron chi connectivity index (χ3n) is 4.44. The van der Waals surface area contributed by atoms with E-state index in [1.54, 1.807) is 48.5 Å². The number of para-hydroxylation sites is 1. The summed E-state index contributed by atoms with van der Waals surface area (Å²) in [6.07, 6.45) is 9.59. The molecule has 7 nitrogen and oxygen atoms in total. The van der Waals surface area contributed by atoms with Crippen molar-refractivity contribution in [2.75, 3.05) is 0 Å². The number of hydrogen-bond acceptors (Lipinski definition) is 5. The second-order valence-electron chi connectivity index (χ2n) is 6.65. The maximum absolute atomic E-state index is 12.6. The van der Waals surface area contributed by atoms with E-state index >= 15 is 0 Å². The standard InChI is InChI=1S/C25H19N3O4/c29-24(14-13-20-6-5-17-31-20)32-21-11-9-19(10-12-21)18-26-27-25(30)22-7-1-2-8-23(22)28-15-3-4-16-28/h1-18H,(H,27,30)/b14-13+,26-18+. The van der Waals surface area contributed by atoms with E-state index in [1.165, 1.54) is 24.6 Å². The van der Waals surface area contributed by atoms with Crippen molar-refractivity contribution in [3.05, 3.63) is 114 Å². The Morgan fingerprint density at radius 3 is 2.47 bits per heavy atom. The van der Waals surface area contributed by atoms with E-state index in [1.807, 2.05) is 41.2 Å². The molecule has 0 aliphatic heterocycles. The van der Waals surface area contributed by atoms with Gasteiger partial charge in [-0.05, 0) is 72.3 Å². The summed E-state index contributed by atoms with van der Waals surface area (Å²) in [5.74, 6) is 0.114. The Hall–Kier alpha value is -4.65. The number of ether oxygens (including phenoxy) is 1. The number of benzene rings is 2. The second-order valence-corrected chi connectivity index (χ2v) is 6.65. The number of amides is 1. The van der Waals surface area contributed by atoms with Crippen LogP contribution in [0, 0.1) is 0 Å². The highest BCUT2D eigenvalue weighted by Gasteiger charge is 2.11. The van der Waals surface area contributed by atoms with Crippen molar-refractivity contribution >= 4 is 24.2 Å². The van der Waals surface area contributed by atoms with Gasteiger partial charge >= 0.3 is 5.97 Å². The number of hydrogen-bond donors (Lipinski definition) is 1. The van der Waals surface area contributed by atoms with Gasteiger partial charge in [0.2, 0.25) is 0 Å². The summed E-state index contributed by atoms with van der Waals surface area (Å²) in [5.41, 5.74) is 4.54. The SMILES string of the molecule is O=C(/C=C/c1ccco1)Oc1ccc(/C=N/NC(=O)c2ccccc2-n2cccc2)cc1. The Morgan fingerprint density at radius 2 is 1.72 bits per heavy atom. The molecule has 0 unspecified atom stereocenters. The van der Waals surface area contributed by atoms with Crippen molar-refractivity contribution in [3.8, 4) is 11.4 Å². The number of furan rings is 1. The van der Waals surface area contributed by atoms with Crippen LogP contribution in [0.1, 0.15) is 21.7 Å². The van der Waals surface area contributed by atoms with Gasteiger partial charge in [-0.15, -0.1) is 0 Å². The summed E-state index contributed by atoms with van der Waals surface area (Å²) in [6.45, 7) is 0. The number of nitrogens with one attached hydrogen (secondary N) is 1. The molecule has 0 spiro atoms. The summed E-state index contributed by atoms with van der Waals surface area (Å²) >= 11 is 0. The van der Waals surface area contributed by atoms with Crippen LogP contribution in [0.25, 0.3) is 11.8 Å². The fourth-order valence-corrected chi connectivity index (χ4v) is 2.92. The van der Waals surface area contributed by atoms with Crippen molar-refractivity contribution < 1.29 is 18.7 Å². The lowest BCUT2D eigenvalue weighted by Gasteiger charge is -2.09. The molecule has 0 fully saturated rings. The highest BCUT2D eigenvalue weighted by Crippen LogP contribution is 2.15. The van der Waals surface area contributed by atoms with Crippen LogP contribution in [0.3, 0.4) is 0 Å². The molecular weight excluding hydrogens is 406 g/mol. The third kappa shape index (κ3) is 5.28. The van der Waals surface area contributed by atoms with E-state index < -0.39 is 5.97 Å². The summed E-state index contributed by atoms with van der Waals surface area (Å²) in [6, 6.07) is 21.3. The van der Waals surface area contributed by atoms with E-state index in [-0.39, 0.29) is 5.91 Å². The normalized spacial score (nSPS) is 11.1. The van der Waals surface area contributed by atoms with Gasteiger partial charge in [0.15, 0.2) is 0 Å². The zero-order valence-corrected chi connectivity index (χ0v) is 16.9. The van der Waals surface area contributed by atoms with Crippen LogP contribution in [-0.2, 0) is 4.79 Å². The molecule has 2 aromatic carbocycles. The molecule has 0 aliphatic carbocycles. The number of nitrogens with zero attached hydrogens (tertiary/aromatic N) is 2. The van der Waals surface area contributed by atoms with E-state index in [4.69, 9.17) is 9.15 Å². The van der Waals surface area contributed by atoms with Crippen molar-refractivity contribution in [1.29, 1.82) is 0 Å². The quantitative estimate of drug-likeness (QED) is 0.156. The molecular formula is C25H19N3O4. The fourth-order valence-electron chi connectivity index (χ4n) is 2.92. The zero-order chi connectivity index (χ0) is 22.2. The number of esters is 1. The van der Waals surface area contributed by atoms with Crippen LogP contribution in [0.4, 0.5) is 0 Å². The molecule has 4 aromatic rings. The largest absolute Gasteiger partial charge is 0.465 e. The van der Waals surface area contributed by atoms with Gasteiger partial charge in [-0.2, -0.15) is 5.10 Å². The number of rotatable bonds is 7. The number of hydrazone groups is 1. The Balaban J connectivity index is 1.34. The van der Waals surface area contributed by atoms with E-state index in [9.17, 15) is 9.59 Å². The Kier molecular flexibility index (Phi) is 6.38. The van der Waals surface area contributed by atoms with Gasteiger partial charge in [-0.3, -0.25) is 4.79 Å². The summed E-state index contributed by atoms with van der Waals surface area (Å²) in [4.78, 5) is 24.4. The smallest absolute Gasteiger partial charge is 0.336 e. The van der Waals surface area contributed by atoms with Gasteiger partial charge in [-0.1, -0.05) is 12.1 Å². The first-order valence-electron chi connectivity index (χ1n) is 9.78. The van der Waals surface area contributed by atoms with Crippen LogP contribution >= 0.6 is 0 Å². The lowest BCUT2D eigenvalue weighted by molar-refractivity contribution is -0.128. The van der Waals surface area contributed by atoms with Crippen molar-refractivity contribution in [2.24, 2.45) is 5.10 Å². The van der Waals surface area contributed by atoms with Crippen molar-refractivity contribution in [1.82, 2.24) is 9.99 Å².